The second-order valence-electron chi connectivity index (χ2n) is 16.1. The first-order valence-corrected chi connectivity index (χ1v) is 15.5. The molecule has 248 valence electrons. The van der Waals surface area contributed by atoms with Gasteiger partial charge in [-0.3, -0.25) is 14.4 Å². The van der Waals surface area contributed by atoms with Crippen LogP contribution in [0.1, 0.15) is 121 Å². The molecule has 0 aromatic heterocycles. The minimum Gasteiger partial charge on any atom is -0.462 e. The Kier molecular flexibility index (Phi) is 10.1. The highest BCUT2D eigenvalue weighted by molar-refractivity contribution is 5.98. The third-order valence-corrected chi connectivity index (χ3v) is 9.37. The predicted octanol–water partition coefficient (Wildman–Crippen LogP) is 4.46. The Bertz CT molecular complexity index is 1020. The summed E-state index contributed by atoms with van der Waals surface area (Å²) in [6.07, 6.45) is -0.153. The maximum Gasteiger partial charge on any atom is 0.321 e. The van der Waals surface area contributed by atoms with Crippen LogP contribution in [0.3, 0.4) is 0 Å². The van der Waals surface area contributed by atoms with Gasteiger partial charge in [0, 0.05) is 72.3 Å². The van der Waals surface area contributed by atoms with Crippen LogP contribution in [0, 0.1) is 5.92 Å². The third kappa shape index (κ3) is 8.07. The molecule has 0 amide bonds. The standard InChI is InChI=1S/C31H55N3O9/c1-19-12-20(14-27(2,3)32(19)38)42-25(36)23(26(37)43-22-17-30(8,9)34(40)31(10,11)18-22)13-24(35)41-21-15-28(4,5)33(39)29(6,7)16-21/h19-23,38-40H,12-18H2,1-11H3. The second kappa shape index (κ2) is 12.2. The topological polar surface area (TPSA) is 149 Å². The minimum atomic E-state index is -1.55. The van der Waals surface area contributed by atoms with Crippen LogP contribution in [0.25, 0.3) is 0 Å². The van der Waals surface area contributed by atoms with E-state index in [9.17, 15) is 30.0 Å². The van der Waals surface area contributed by atoms with E-state index in [2.05, 4.69) is 0 Å². The van der Waals surface area contributed by atoms with Gasteiger partial charge >= 0.3 is 17.9 Å². The molecule has 3 atom stereocenters. The molecule has 3 saturated heterocycles. The van der Waals surface area contributed by atoms with Gasteiger partial charge in [0.25, 0.3) is 0 Å². The number of ether oxygens (including phenoxy) is 3. The predicted molar refractivity (Wildman–Crippen MR) is 156 cm³/mol. The summed E-state index contributed by atoms with van der Waals surface area (Å²) in [4.78, 5) is 40.5. The minimum absolute atomic E-state index is 0.283. The van der Waals surface area contributed by atoms with Crippen molar-refractivity contribution < 1.29 is 44.2 Å². The number of rotatable bonds is 7. The molecule has 3 aliphatic rings. The Morgan fingerprint density at radius 1 is 0.628 bits per heavy atom. The number of nitrogens with zero attached hydrogens (tertiary/aromatic N) is 3. The molecule has 0 radical (unpaired) electrons. The lowest BCUT2D eigenvalue weighted by molar-refractivity contribution is -0.260. The molecule has 12 heteroatoms. The molecule has 3 unspecified atom stereocenters. The van der Waals surface area contributed by atoms with Gasteiger partial charge in [-0.15, -0.1) is 0 Å². The summed E-state index contributed by atoms with van der Waals surface area (Å²) in [7, 11) is 0. The Balaban J connectivity index is 1.79. The van der Waals surface area contributed by atoms with E-state index in [1.807, 2.05) is 76.2 Å². The van der Waals surface area contributed by atoms with Crippen LogP contribution in [0.5, 0.6) is 0 Å². The van der Waals surface area contributed by atoms with E-state index in [-0.39, 0.29) is 6.04 Å². The molecule has 3 rings (SSSR count). The molecule has 3 aliphatic heterocycles. The number of esters is 3. The number of carbonyl (C=O) groups is 3. The summed E-state index contributed by atoms with van der Waals surface area (Å²) >= 11 is 0. The largest absolute Gasteiger partial charge is 0.462 e. The lowest BCUT2D eigenvalue weighted by atomic mass is 9.80. The quantitative estimate of drug-likeness (QED) is 0.211. The highest BCUT2D eigenvalue weighted by atomic mass is 16.6. The highest BCUT2D eigenvalue weighted by Crippen LogP contribution is 2.40. The van der Waals surface area contributed by atoms with E-state index < -0.39 is 76.3 Å². The zero-order valence-corrected chi connectivity index (χ0v) is 28.0. The van der Waals surface area contributed by atoms with Crippen LogP contribution in [-0.2, 0) is 28.6 Å². The second-order valence-corrected chi connectivity index (χ2v) is 16.1. The zero-order valence-electron chi connectivity index (χ0n) is 28.0. The fourth-order valence-electron chi connectivity index (χ4n) is 7.58. The molecule has 0 bridgehead atoms. The van der Waals surface area contributed by atoms with E-state index in [4.69, 9.17) is 14.2 Å². The van der Waals surface area contributed by atoms with Gasteiger partial charge in [0.05, 0.1) is 6.42 Å². The van der Waals surface area contributed by atoms with Crippen molar-refractivity contribution in [1.29, 1.82) is 0 Å². The van der Waals surface area contributed by atoms with Gasteiger partial charge in [0.15, 0.2) is 5.92 Å². The monoisotopic (exact) mass is 613 g/mol. The van der Waals surface area contributed by atoms with E-state index in [1.54, 1.807) is 0 Å². The molecular weight excluding hydrogens is 558 g/mol. The van der Waals surface area contributed by atoms with E-state index >= 15 is 0 Å². The molecule has 0 aliphatic carbocycles. The maximum absolute atomic E-state index is 13.6. The van der Waals surface area contributed by atoms with Crippen LogP contribution < -0.4 is 0 Å². The van der Waals surface area contributed by atoms with E-state index in [0.29, 0.717) is 38.5 Å². The average molecular weight is 614 g/mol. The summed E-state index contributed by atoms with van der Waals surface area (Å²) in [6.45, 7) is 20.3. The molecule has 3 heterocycles. The van der Waals surface area contributed by atoms with Crippen LogP contribution >= 0.6 is 0 Å². The normalized spacial score (nSPS) is 30.3. The molecular formula is C31H55N3O9. The summed E-state index contributed by atoms with van der Waals surface area (Å²) in [6, 6.07) is -0.283. The first-order chi connectivity index (χ1) is 19.4. The van der Waals surface area contributed by atoms with Crippen LogP contribution in [0.15, 0.2) is 0 Å². The first kappa shape index (κ1) is 35.6. The van der Waals surface area contributed by atoms with E-state index in [0.717, 1.165) is 0 Å². The Morgan fingerprint density at radius 3 is 1.37 bits per heavy atom. The smallest absolute Gasteiger partial charge is 0.321 e. The Hall–Kier alpha value is -1.83. The fraction of sp³-hybridized carbons (Fsp3) is 0.903. The van der Waals surface area contributed by atoms with Crippen molar-refractivity contribution in [2.45, 2.75) is 173 Å². The van der Waals surface area contributed by atoms with Crippen molar-refractivity contribution >= 4 is 17.9 Å². The fourth-order valence-corrected chi connectivity index (χ4v) is 7.58. The molecule has 43 heavy (non-hydrogen) atoms. The van der Waals surface area contributed by atoms with Crippen molar-refractivity contribution in [2.24, 2.45) is 5.92 Å². The van der Waals surface area contributed by atoms with Gasteiger partial charge < -0.3 is 29.8 Å². The van der Waals surface area contributed by atoms with Crippen LogP contribution in [0.4, 0.5) is 0 Å². The molecule has 12 nitrogen and oxygen atoms in total. The van der Waals surface area contributed by atoms with Gasteiger partial charge in [0.1, 0.15) is 18.3 Å². The highest BCUT2D eigenvalue weighted by Gasteiger charge is 2.49. The maximum atomic E-state index is 13.6. The number of hydrogen-bond acceptors (Lipinski definition) is 12. The zero-order chi connectivity index (χ0) is 32.9. The molecule has 3 N–H and O–H groups in total. The third-order valence-electron chi connectivity index (χ3n) is 9.37. The van der Waals surface area contributed by atoms with Crippen molar-refractivity contribution in [3.8, 4) is 0 Å². The Morgan fingerprint density at radius 2 is 0.977 bits per heavy atom. The number of carbonyl (C=O) groups excluding carboxylic acids is 3. The lowest BCUT2D eigenvalue weighted by Gasteiger charge is -2.51. The number of hydrogen-bond donors (Lipinski definition) is 3. The summed E-state index contributed by atoms with van der Waals surface area (Å²) in [5.41, 5.74) is -3.35. The van der Waals surface area contributed by atoms with Gasteiger partial charge in [0.2, 0.25) is 0 Å². The van der Waals surface area contributed by atoms with Crippen molar-refractivity contribution in [1.82, 2.24) is 15.2 Å². The summed E-state index contributed by atoms with van der Waals surface area (Å²) in [5, 5.41) is 35.5. The van der Waals surface area contributed by atoms with Crippen molar-refractivity contribution in [2.75, 3.05) is 0 Å². The van der Waals surface area contributed by atoms with Gasteiger partial charge in [-0.2, -0.15) is 15.2 Å². The molecule has 0 aromatic carbocycles. The number of piperidine rings is 3. The molecule has 0 aromatic rings. The van der Waals surface area contributed by atoms with Crippen molar-refractivity contribution in [3.05, 3.63) is 0 Å². The summed E-state index contributed by atoms with van der Waals surface area (Å²) in [5.74, 6) is -4.02. The average Bonchev–Trinajstić information content (AvgIpc) is 2.81. The molecule has 0 spiro atoms. The van der Waals surface area contributed by atoms with Crippen molar-refractivity contribution in [3.63, 3.8) is 0 Å². The van der Waals surface area contributed by atoms with Gasteiger partial charge in [-0.1, -0.05) is 0 Å². The number of hydroxylamine groups is 6. The SMILES string of the molecule is CC1CC(OC(=O)C(CC(=O)OC2CC(C)(C)N(O)C(C)(C)C2)C(=O)OC2CC(C)(C)N(O)C(C)(C)C2)CC(C)(C)N1O. The lowest BCUT2D eigenvalue weighted by Crippen LogP contribution is -2.61. The summed E-state index contributed by atoms with van der Waals surface area (Å²) < 4.78 is 17.5. The van der Waals surface area contributed by atoms with Crippen LogP contribution in [-0.4, -0.2) is 101 Å². The van der Waals surface area contributed by atoms with Gasteiger partial charge in [-0.05, 0) is 76.2 Å². The first-order valence-electron chi connectivity index (χ1n) is 15.5. The Labute approximate surface area is 256 Å². The molecule has 0 saturated carbocycles. The van der Waals surface area contributed by atoms with Gasteiger partial charge in [-0.25, -0.2) is 0 Å². The molecule has 3 fully saturated rings. The van der Waals surface area contributed by atoms with Crippen LogP contribution in [0.2, 0.25) is 0 Å². The van der Waals surface area contributed by atoms with E-state index in [1.165, 1.54) is 15.2 Å².